The number of fused-ring (bicyclic) bond motifs is 5. The quantitative estimate of drug-likeness (QED) is 0.376. The van der Waals surface area contributed by atoms with Crippen LogP contribution in [0.2, 0.25) is 0 Å². The fourth-order valence-corrected chi connectivity index (χ4v) is 5.25. The minimum Gasteiger partial charge on any atom is -0.497 e. The van der Waals surface area contributed by atoms with Gasteiger partial charge in [-0.25, -0.2) is 0 Å². The van der Waals surface area contributed by atoms with Crippen LogP contribution in [0.25, 0.3) is 16.8 Å². The van der Waals surface area contributed by atoms with E-state index in [0.29, 0.717) is 17.8 Å². The zero-order valence-electron chi connectivity index (χ0n) is 17.8. The van der Waals surface area contributed by atoms with E-state index in [0.717, 1.165) is 13.0 Å². The van der Waals surface area contributed by atoms with Gasteiger partial charge >= 0.3 is 0 Å². The summed E-state index contributed by atoms with van der Waals surface area (Å²) in [4.78, 5) is 0. The molecule has 31 heavy (non-hydrogen) atoms. The van der Waals surface area contributed by atoms with Crippen LogP contribution >= 0.6 is 0 Å². The Bertz CT molecular complexity index is 1150. The normalized spacial score (nSPS) is 23.4. The largest absolute Gasteiger partial charge is 0.497 e. The van der Waals surface area contributed by atoms with Gasteiger partial charge < -0.3 is 4.74 Å². The summed E-state index contributed by atoms with van der Waals surface area (Å²) in [5, 5.41) is 2.70. The molecule has 3 aromatic rings. The number of ether oxygens (including phenoxy) is 1. The van der Waals surface area contributed by atoms with Gasteiger partial charge in [0.15, 0.2) is 0 Å². The second kappa shape index (κ2) is 8.81. The van der Waals surface area contributed by atoms with E-state index in [1.165, 1.54) is 39.5 Å². The van der Waals surface area contributed by atoms with Crippen molar-refractivity contribution >= 4 is 16.8 Å². The van der Waals surface area contributed by atoms with Crippen molar-refractivity contribution in [2.24, 2.45) is 5.92 Å². The molecular weight excluding hydrogens is 376 g/mol. The molecule has 3 aliphatic rings. The fourth-order valence-electron chi connectivity index (χ4n) is 5.25. The van der Waals surface area contributed by atoms with Gasteiger partial charge in [-0.1, -0.05) is 97.1 Å². The van der Waals surface area contributed by atoms with Crippen LogP contribution in [-0.4, -0.2) is 6.61 Å². The van der Waals surface area contributed by atoms with E-state index >= 15 is 0 Å². The lowest BCUT2D eigenvalue weighted by Gasteiger charge is -2.40. The summed E-state index contributed by atoms with van der Waals surface area (Å²) in [7, 11) is 0. The zero-order valence-corrected chi connectivity index (χ0v) is 17.8. The number of benzene rings is 3. The zero-order chi connectivity index (χ0) is 21.0. The Hall–Kier alpha value is -3.32. The van der Waals surface area contributed by atoms with Crippen molar-refractivity contribution in [3.63, 3.8) is 0 Å². The third kappa shape index (κ3) is 4.01. The molecule has 154 valence electrons. The van der Waals surface area contributed by atoms with E-state index in [1.54, 1.807) is 6.26 Å². The molecule has 1 aliphatic heterocycles. The summed E-state index contributed by atoms with van der Waals surface area (Å²) in [6.45, 7) is 5.25. The molecule has 1 fully saturated rings. The molecule has 1 heterocycles. The van der Waals surface area contributed by atoms with Crippen molar-refractivity contribution in [3.8, 4) is 0 Å². The number of allylic oxidation sites excluding steroid dienone is 4. The highest BCUT2D eigenvalue weighted by atomic mass is 16.5. The second-order valence-corrected chi connectivity index (χ2v) is 8.59. The van der Waals surface area contributed by atoms with Gasteiger partial charge in [0.25, 0.3) is 0 Å². The van der Waals surface area contributed by atoms with Crippen LogP contribution in [0.4, 0.5) is 0 Å². The van der Waals surface area contributed by atoms with Crippen molar-refractivity contribution < 1.29 is 4.74 Å². The standard InChI is InChI=1S/C25H22.C5H6O/c1-17-15-21(18-7-3-2-4-8-18)16-20-12-13-23-22-10-6-5-9-19(22)11-14-24(23)25(17)20;1-2-4-6-5-3-1/h2-14,20-21,25H,1,15-16H2;1-4H,5H2. The van der Waals surface area contributed by atoms with E-state index in [2.05, 4.69) is 85.5 Å². The first kappa shape index (κ1) is 19.6. The van der Waals surface area contributed by atoms with Gasteiger partial charge in [0.05, 0.1) is 6.26 Å². The highest BCUT2D eigenvalue weighted by Crippen LogP contribution is 2.51. The maximum absolute atomic E-state index is 4.80. The topological polar surface area (TPSA) is 9.23 Å². The molecule has 0 bridgehead atoms. The summed E-state index contributed by atoms with van der Waals surface area (Å²) in [6.07, 6.45) is 14.6. The van der Waals surface area contributed by atoms with Gasteiger partial charge in [0.2, 0.25) is 0 Å². The van der Waals surface area contributed by atoms with Crippen LogP contribution in [0.15, 0.2) is 109 Å². The minimum absolute atomic E-state index is 0.476. The molecule has 1 heteroatoms. The lowest BCUT2D eigenvalue weighted by Crippen LogP contribution is -2.25. The molecule has 0 spiro atoms. The SMILES string of the molecule is C1=CCOC=C1.C=C1CC(c2ccccc2)CC2C=Cc3c(ccc4ccccc34)C12. The first-order chi connectivity index (χ1) is 15.3. The Balaban J connectivity index is 0.000000296. The van der Waals surface area contributed by atoms with Gasteiger partial charge in [-0.05, 0) is 64.3 Å². The molecule has 0 saturated heterocycles. The molecule has 2 aliphatic carbocycles. The summed E-state index contributed by atoms with van der Waals surface area (Å²) in [5.74, 6) is 1.64. The average Bonchev–Trinajstić information content (AvgIpc) is 2.85. The molecule has 0 aromatic heterocycles. The Morgan fingerprint density at radius 2 is 1.71 bits per heavy atom. The fraction of sp³-hybridized carbons (Fsp3) is 0.200. The molecule has 3 aromatic carbocycles. The van der Waals surface area contributed by atoms with Gasteiger partial charge in [0, 0.05) is 5.92 Å². The van der Waals surface area contributed by atoms with Crippen LogP contribution in [-0.2, 0) is 4.74 Å². The molecule has 1 nitrogen and oxygen atoms in total. The van der Waals surface area contributed by atoms with Crippen LogP contribution in [0.3, 0.4) is 0 Å². The van der Waals surface area contributed by atoms with Crippen LogP contribution < -0.4 is 0 Å². The summed E-state index contributed by atoms with van der Waals surface area (Å²) in [5.41, 5.74) is 5.73. The van der Waals surface area contributed by atoms with Crippen molar-refractivity contribution in [3.05, 3.63) is 126 Å². The van der Waals surface area contributed by atoms with E-state index in [1.807, 2.05) is 18.2 Å². The second-order valence-electron chi connectivity index (χ2n) is 8.59. The van der Waals surface area contributed by atoms with E-state index in [-0.39, 0.29) is 0 Å². The highest BCUT2D eigenvalue weighted by molar-refractivity contribution is 5.93. The molecule has 6 rings (SSSR count). The molecule has 3 unspecified atom stereocenters. The van der Waals surface area contributed by atoms with Crippen molar-refractivity contribution in [2.75, 3.05) is 6.61 Å². The molecule has 0 N–H and O–H groups in total. The van der Waals surface area contributed by atoms with Gasteiger partial charge in [-0.3, -0.25) is 0 Å². The summed E-state index contributed by atoms with van der Waals surface area (Å²) in [6, 6.07) is 24.3. The Kier molecular flexibility index (Phi) is 5.58. The first-order valence-corrected chi connectivity index (χ1v) is 11.2. The molecule has 1 saturated carbocycles. The van der Waals surface area contributed by atoms with Gasteiger partial charge in [-0.15, -0.1) is 0 Å². The summed E-state index contributed by atoms with van der Waals surface area (Å²) < 4.78 is 4.80. The molecular formula is C30H28O. The van der Waals surface area contributed by atoms with Gasteiger partial charge in [0.1, 0.15) is 6.61 Å². The van der Waals surface area contributed by atoms with Crippen molar-refractivity contribution in [2.45, 2.75) is 24.7 Å². The third-order valence-corrected chi connectivity index (χ3v) is 6.67. The van der Waals surface area contributed by atoms with Crippen molar-refractivity contribution in [1.82, 2.24) is 0 Å². The highest BCUT2D eigenvalue weighted by Gasteiger charge is 2.36. The van der Waals surface area contributed by atoms with Crippen LogP contribution in [0.1, 0.15) is 41.4 Å². The lowest BCUT2D eigenvalue weighted by atomic mass is 9.64. The van der Waals surface area contributed by atoms with E-state index < -0.39 is 0 Å². The summed E-state index contributed by atoms with van der Waals surface area (Å²) >= 11 is 0. The minimum atomic E-state index is 0.476. The predicted octanol–water partition coefficient (Wildman–Crippen LogP) is 7.79. The average molecular weight is 405 g/mol. The molecule has 0 radical (unpaired) electrons. The number of rotatable bonds is 1. The Labute approximate surface area is 185 Å². The number of hydrogen-bond donors (Lipinski definition) is 0. The number of hydrogen-bond acceptors (Lipinski definition) is 1. The maximum atomic E-state index is 4.80. The van der Waals surface area contributed by atoms with Crippen molar-refractivity contribution in [1.29, 1.82) is 0 Å². The van der Waals surface area contributed by atoms with Crippen LogP contribution in [0, 0.1) is 5.92 Å². The molecule has 0 amide bonds. The van der Waals surface area contributed by atoms with Gasteiger partial charge in [-0.2, -0.15) is 0 Å². The monoisotopic (exact) mass is 404 g/mol. The smallest absolute Gasteiger partial charge is 0.106 e. The van der Waals surface area contributed by atoms with E-state index in [9.17, 15) is 0 Å². The third-order valence-electron chi connectivity index (χ3n) is 6.67. The Morgan fingerprint density at radius 1 is 0.871 bits per heavy atom. The lowest BCUT2D eigenvalue weighted by molar-refractivity contribution is 0.286. The van der Waals surface area contributed by atoms with Crippen LogP contribution in [0.5, 0.6) is 0 Å². The maximum Gasteiger partial charge on any atom is 0.106 e. The van der Waals surface area contributed by atoms with E-state index in [4.69, 9.17) is 4.74 Å². The first-order valence-electron chi connectivity index (χ1n) is 11.2. The predicted molar refractivity (Wildman–Crippen MR) is 131 cm³/mol. The molecule has 3 atom stereocenters. The Morgan fingerprint density at radius 3 is 2.45 bits per heavy atom.